The minimum atomic E-state index is -3.57. The third-order valence-corrected chi connectivity index (χ3v) is 7.61. The molecule has 0 aliphatic carbocycles. The minimum absolute atomic E-state index is 0.0998. The smallest absolute Gasteiger partial charge is 0.255 e. The molecule has 1 fully saturated rings. The molecule has 0 aromatic heterocycles. The van der Waals surface area contributed by atoms with E-state index in [1.54, 1.807) is 24.8 Å². The van der Waals surface area contributed by atoms with Crippen LogP contribution in [-0.2, 0) is 14.8 Å². The number of nitrogens with zero attached hydrogens (tertiary/aromatic N) is 2. The summed E-state index contributed by atoms with van der Waals surface area (Å²) in [6, 6.07) is 11.4. The quantitative estimate of drug-likeness (QED) is 0.705. The molecule has 7 nitrogen and oxygen atoms in total. The van der Waals surface area contributed by atoms with Gasteiger partial charge in [0.05, 0.1) is 4.90 Å². The molecule has 0 spiro atoms. The highest BCUT2D eigenvalue weighted by Crippen LogP contribution is 2.28. The van der Waals surface area contributed by atoms with Crippen LogP contribution in [0, 0.1) is 6.92 Å². The van der Waals surface area contributed by atoms with Gasteiger partial charge in [0.2, 0.25) is 15.9 Å². The van der Waals surface area contributed by atoms with Gasteiger partial charge in [0, 0.05) is 43.0 Å². The fourth-order valence-electron chi connectivity index (χ4n) is 3.73. The van der Waals surface area contributed by atoms with Gasteiger partial charge >= 0.3 is 0 Å². The SMILES string of the molecule is CCN(CC)S(=O)(=O)c1ccc(C(=O)Nc2ccc(C)c(N3CCCCC3=O)c2)cc1. The van der Waals surface area contributed by atoms with Gasteiger partial charge in [-0.3, -0.25) is 9.59 Å². The van der Waals surface area contributed by atoms with Gasteiger partial charge in [0.25, 0.3) is 5.91 Å². The van der Waals surface area contributed by atoms with Gasteiger partial charge in [0.15, 0.2) is 0 Å². The normalized spacial score (nSPS) is 14.7. The van der Waals surface area contributed by atoms with Gasteiger partial charge in [-0.1, -0.05) is 19.9 Å². The summed E-state index contributed by atoms with van der Waals surface area (Å²) in [7, 11) is -3.57. The summed E-state index contributed by atoms with van der Waals surface area (Å²) in [6.45, 7) is 6.97. The van der Waals surface area contributed by atoms with E-state index >= 15 is 0 Å². The molecule has 3 rings (SSSR count). The number of hydrogen-bond acceptors (Lipinski definition) is 4. The first kappa shape index (κ1) is 23.0. The zero-order valence-electron chi connectivity index (χ0n) is 18.2. The van der Waals surface area contributed by atoms with Gasteiger partial charge < -0.3 is 10.2 Å². The summed E-state index contributed by atoms with van der Waals surface area (Å²) < 4.78 is 26.6. The fourth-order valence-corrected chi connectivity index (χ4v) is 5.19. The number of piperidine rings is 1. The van der Waals surface area contributed by atoms with Crippen LogP contribution in [0.3, 0.4) is 0 Å². The number of amides is 2. The van der Waals surface area contributed by atoms with Crippen molar-refractivity contribution in [2.75, 3.05) is 29.9 Å². The molecule has 2 aromatic rings. The fraction of sp³-hybridized carbons (Fsp3) is 0.391. The van der Waals surface area contributed by atoms with Crippen molar-refractivity contribution in [2.45, 2.75) is 44.9 Å². The van der Waals surface area contributed by atoms with Crippen molar-refractivity contribution in [3.8, 4) is 0 Å². The molecule has 1 saturated heterocycles. The summed E-state index contributed by atoms with van der Waals surface area (Å²) in [5.41, 5.74) is 2.72. The number of carbonyl (C=O) groups excluding carboxylic acids is 2. The van der Waals surface area contributed by atoms with Crippen LogP contribution in [-0.4, -0.2) is 44.2 Å². The van der Waals surface area contributed by atoms with Crippen LogP contribution in [0.5, 0.6) is 0 Å². The molecule has 1 aliphatic heterocycles. The molecule has 0 radical (unpaired) electrons. The molecular formula is C23H29N3O4S. The summed E-state index contributed by atoms with van der Waals surface area (Å²) in [5, 5.41) is 2.85. The molecule has 0 atom stereocenters. The van der Waals surface area contributed by atoms with Crippen molar-refractivity contribution in [3.63, 3.8) is 0 Å². The highest BCUT2D eigenvalue weighted by Gasteiger charge is 2.23. The van der Waals surface area contributed by atoms with Crippen LogP contribution in [0.1, 0.15) is 49.0 Å². The number of sulfonamides is 1. The Bertz CT molecular complexity index is 1060. The van der Waals surface area contributed by atoms with Gasteiger partial charge in [-0.25, -0.2) is 8.42 Å². The van der Waals surface area contributed by atoms with Gasteiger partial charge in [0.1, 0.15) is 0 Å². The van der Waals surface area contributed by atoms with Crippen molar-refractivity contribution in [3.05, 3.63) is 53.6 Å². The monoisotopic (exact) mass is 443 g/mol. The van der Waals surface area contributed by atoms with Crippen molar-refractivity contribution in [2.24, 2.45) is 0 Å². The number of nitrogens with one attached hydrogen (secondary N) is 1. The first-order chi connectivity index (χ1) is 14.8. The summed E-state index contributed by atoms with van der Waals surface area (Å²) >= 11 is 0. The number of hydrogen-bond donors (Lipinski definition) is 1. The number of rotatable bonds is 7. The number of benzene rings is 2. The van der Waals surface area contributed by atoms with E-state index < -0.39 is 10.0 Å². The Morgan fingerprint density at radius 3 is 2.35 bits per heavy atom. The molecule has 1 heterocycles. The molecule has 166 valence electrons. The lowest BCUT2D eigenvalue weighted by Gasteiger charge is -2.28. The molecule has 1 N–H and O–H groups in total. The average Bonchev–Trinajstić information content (AvgIpc) is 2.76. The topological polar surface area (TPSA) is 86.8 Å². The predicted molar refractivity (Wildman–Crippen MR) is 122 cm³/mol. The molecule has 1 aliphatic rings. The maximum atomic E-state index is 12.7. The number of anilines is 2. The highest BCUT2D eigenvalue weighted by molar-refractivity contribution is 7.89. The van der Waals surface area contributed by atoms with E-state index in [2.05, 4.69) is 5.32 Å². The number of carbonyl (C=O) groups is 2. The van der Waals surface area contributed by atoms with E-state index in [1.165, 1.54) is 28.6 Å². The minimum Gasteiger partial charge on any atom is -0.322 e. The van der Waals surface area contributed by atoms with Crippen molar-refractivity contribution in [1.82, 2.24) is 4.31 Å². The second kappa shape index (κ2) is 9.62. The standard InChI is InChI=1S/C23H29N3O4S/c1-4-25(5-2)31(29,30)20-13-10-18(11-14-20)23(28)24-19-12-9-17(3)21(16-19)26-15-7-6-8-22(26)27/h9-14,16H,4-8,15H2,1-3H3,(H,24,28). The van der Waals surface area contributed by atoms with Crippen molar-refractivity contribution < 1.29 is 18.0 Å². The molecule has 31 heavy (non-hydrogen) atoms. The zero-order chi connectivity index (χ0) is 22.6. The lowest BCUT2D eigenvalue weighted by atomic mass is 10.1. The molecule has 0 saturated carbocycles. The Hall–Kier alpha value is -2.71. The average molecular weight is 444 g/mol. The van der Waals surface area contributed by atoms with Crippen LogP contribution in [0.15, 0.2) is 47.4 Å². The Kier molecular flexibility index (Phi) is 7.12. The molecular weight excluding hydrogens is 414 g/mol. The van der Waals surface area contributed by atoms with Crippen LogP contribution in [0.25, 0.3) is 0 Å². The Labute approximate surface area is 184 Å². The van der Waals surface area contributed by atoms with E-state index in [1.807, 2.05) is 19.1 Å². The molecule has 8 heteroatoms. The van der Waals surface area contributed by atoms with Gasteiger partial charge in [-0.15, -0.1) is 0 Å². The van der Waals surface area contributed by atoms with Crippen molar-refractivity contribution >= 4 is 33.2 Å². The third kappa shape index (κ3) is 4.97. The first-order valence-electron chi connectivity index (χ1n) is 10.6. The molecule has 2 amide bonds. The van der Waals surface area contributed by atoms with Gasteiger partial charge in [-0.05, 0) is 61.7 Å². The van der Waals surface area contributed by atoms with E-state index in [0.717, 1.165) is 24.1 Å². The summed E-state index contributed by atoms with van der Waals surface area (Å²) in [6.07, 6.45) is 2.41. The first-order valence-corrected chi connectivity index (χ1v) is 12.0. The van der Waals surface area contributed by atoms with Crippen LogP contribution < -0.4 is 10.2 Å². The Morgan fingerprint density at radius 1 is 1.06 bits per heavy atom. The lowest BCUT2D eigenvalue weighted by molar-refractivity contribution is -0.119. The summed E-state index contributed by atoms with van der Waals surface area (Å²) in [5.74, 6) is -0.241. The van der Waals surface area contributed by atoms with Crippen molar-refractivity contribution in [1.29, 1.82) is 0 Å². The molecule has 0 unspecified atom stereocenters. The Morgan fingerprint density at radius 2 is 1.74 bits per heavy atom. The second-order valence-electron chi connectivity index (χ2n) is 7.57. The third-order valence-electron chi connectivity index (χ3n) is 5.54. The van der Waals surface area contributed by atoms with E-state index in [-0.39, 0.29) is 16.7 Å². The number of aryl methyl sites for hydroxylation is 1. The van der Waals surface area contributed by atoms with Crippen LogP contribution in [0.4, 0.5) is 11.4 Å². The van der Waals surface area contributed by atoms with E-state index in [9.17, 15) is 18.0 Å². The second-order valence-corrected chi connectivity index (χ2v) is 9.51. The maximum absolute atomic E-state index is 12.7. The van der Waals surface area contributed by atoms with E-state index in [4.69, 9.17) is 0 Å². The lowest BCUT2D eigenvalue weighted by Crippen LogP contribution is -2.35. The van der Waals surface area contributed by atoms with Crippen LogP contribution >= 0.6 is 0 Å². The predicted octanol–water partition coefficient (Wildman–Crippen LogP) is 3.79. The maximum Gasteiger partial charge on any atom is 0.255 e. The molecule has 0 bridgehead atoms. The summed E-state index contributed by atoms with van der Waals surface area (Å²) in [4.78, 5) is 26.9. The zero-order valence-corrected chi connectivity index (χ0v) is 19.0. The Balaban J connectivity index is 1.78. The largest absolute Gasteiger partial charge is 0.322 e. The van der Waals surface area contributed by atoms with E-state index in [0.29, 0.717) is 37.3 Å². The van der Waals surface area contributed by atoms with Crippen LogP contribution in [0.2, 0.25) is 0 Å². The molecule has 2 aromatic carbocycles. The van der Waals surface area contributed by atoms with Gasteiger partial charge in [-0.2, -0.15) is 4.31 Å². The highest BCUT2D eigenvalue weighted by atomic mass is 32.2.